The standard InChI is InChI=1S/C15H19N3O4S/c1-4-21-11-7-6-10(8-12(11)22-5-2)14(19)16-15-18-17-13(23-15)9-20-3/h6-8H,4-5,9H2,1-3H3,(H,16,18,19). The summed E-state index contributed by atoms with van der Waals surface area (Å²) in [6, 6.07) is 5.06. The molecule has 0 saturated heterocycles. The van der Waals surface area contributed by atoms with Crippen molar-refractivity contribution in [2.24, 2.45) is 0 Å². The van der Waals surface area contributed by atoms with E-state index in [-0.39, 0.29) is 5.91 Å². The molecule has 2 rings (SSSR count). The molecule has 0 atom stereocenters. The van der Waals surface area contributed by atoms with Crippen molar-refractivity contribution >= 4 is 22.4 Å². The van der Waals surface area contributed by atoms with E-state index in [0.717, 1.165) is 0 Å². The summed E-state index contributed by atoms with van der Waals surface area (Å²) < 4.78 is 16.0. The van der Waals surface area contributed by atoms with Crippen LogP contribution in [0.3, 0.4) is 0 Å². The van der Waals surface area contributed by atoms with Gasteiger partial charge in [0.25, 0.3) is 5.91 Å². The SMILES string of the molecule is CCOc1ccc(C(=O)Nc2nnc(COC)s2)cc1OCC. The maximum absolute atomic E-state index is 12.3. The predicted octanol–water partition coefficient (Wildman–Crippen LogP) is 2.73. The number of carbonyl (C=O) groups is 1. The lowest BCUT2D eigenvalue weighted by molar-refractivity contribution is 0.102. The highest BCUT2D eigenvalue weighted by atomic mass is 32.1. The van der Waals surface area contributed by atoms with Crippen LogP contribution in [0.15, 0.2) is 18.2 Å². The third-order valence-corrected chi connectivity index (χ3v) is 3.57. The quantitative estimate of drug-likeness (QED) is 0.797. The molecule has 1 aromatic carbocycles. The molecule has 1 heterocycles. The number of carbonyl (C=O) groups excluding carboxylic acids is 1. The number of ether oxygens (including phenoxy) is 3. The molecule has 0 aliphatic heterocycles. The number of nitrogens with zero attached hydrogens (tertiary/aromatic N) is 2. The van der Waals surface area contributed by atoms with E-state index in [1.165, 1.54) is 11.3 Å². The van der Waals surface area contributed by atoms with Crippen LogP contribution in [0.25, 0.3) is 0 Å². The number of methoxy groups -OCH3 is 1. The summed E-state index contributed by atoms with van der Waals surface area (Å²) in [7, 11) is 1.58. The molecule has 23 heavy (non-hydrogen) atoms. The van der Waals surface area contributed by atoms with Gasteiger partial charge in [0.15, 0.2) is 11.5 Å². The molecule has 1 N–H and O–H groups in total. The van der Waals surface area contributed by atoms with Crippen LogP contribution in [0.5, 0.6) is 11.5 Å². The Balaban J connectivity index is 2.12. The molecule has 2 aromatic rings. The van der Waals surface area contributed by atoms with Crippen molar-refractivity contribution in [1.82, 2.24) is 10.2 Å². The fraction of sp³-hybridized carbons (Fsp3) is 0.400. The summed E-state index contributed by atoms with van der Waals surface area (Å²) in [6.45, 7) is 5.15. The second kappa shape index (κ2) is 8.44. The molecule has 0 fully saturated rings. The topological polar surface area (TPSA) is 82.6 Å². The molecule has 0 spiro atoms. The van der Waals surface area contributed by atoms with E-state index in [1.54, 1.807) is 25.3 Å². The second-order valence-corrected chi connectivity index (χ2v) is 5.48. The molecular weight excluding hydrogens is 318 g/mol. The zero-order valence-corrected chi connectivity index (χ0v) is 14.1. The van der Waals surface area contributed by atoms with Gasteiger partial charge in [0, 0.05) is 12.7 Å². The van der Waals surface area contributed by atoms with Gasteiger partial charge in [-0.1, -0.05) is 11.3 Å². The first-order valence-electron chi connectivity index (χ1n) is 7.20. The van der Waals surface area contributed by atoms with Crippen LogP contribution >= 0.6 is 11.3 Å². The van der Waals surface area contributed by atoms with Gasteiger partial charge < -0.3 is 14.2 Å². The zero-order chi connectivity index (χ0) is 16.7. The number of anilines is 1. The largest absolute Gasteiger partial charge is 0.490 e. The summed E-state index contributed by atoms with van der Waals surface area (Å²) in [5, 5.41) is 11.7. The smallest absolute Gasteiger partial charge is 0.257 e. The molecule has 0 aliphatic rings. The molecule has 0 radical (unpaired) electrons. The van der Waals surface area contributed by atoms with Gasteiger partial charge >= 0.3 is 0 Å². The number of amides is 1. The van der Waals surface area contributed by atoms with Gasteiger partial charge in [-0.3, -0.25) is 10.1 Å². The van der Waals surface area contributed by atoms with Crippen molar-refractivity contribution in [2.75, 3.05) is 25.6 Å². The number of aromatic nitrogens is 2. The molecule has 0 unspecified atom stereocenters. The Hall–Kier alpha value is -2.19. The lowest BCUT2D eigenvalue weighted by Crippen LogP contribution is -2.12. The van der Waals surface area contributed by atoms with Crippen molar-refractivity contribution in [3.63, 3.8) is 0 Å². The van der Waals surface area contributed by atoms with Crippen molar-refractivity contribution in [2.45, 2.75) is 20.5 Å². The summed E-state index contributed by atoms with van der Waals surface area (Å²) in [4.78, 5) is 12.3. The van der Waals surface area contributed by atoms with E-state index in [0.29, 0.717) is 47.0 Å². The predicted molar refractivity (Wildman–Crippen MR) is 87.4 cm³/mol. The summed E-state index contributed by atoms with van der Waals surface area (Å²) in [5.74, 6) is 0.873. The second-order valence-electron chi connectivity index (χ2n) is 4.42. The normalized spacial score (nSPS) is 10.4. The van der Waals surface area contributed by atoms with E-state index in [1.807, 2.05) is 13.8 Å². The Bertz CT molecular complexity index is 660. The van der Waals surface area contributed by atoms with E-state index in [2.05, 4.69) is 15.5 Å². The Morgan fingerprint density at radius 1 is 1.17 bits per heavy atom. The Labute approximate surface area is 138 Å². The zero-order valence-electron chi connectivity index (χ0n) is 13.3. The average Bonchev–Trinajstić information content (AvgIpc) is 2.97. The minimum Gasteiger partial charge on any atom is -0.490 e. The molecular formula is C15H19N3O4S. The summed E-state index contributed by atoms with van der Waals surface area (Å²) in [6.07, 6.45) is 0. The van der Waals surface area contributed by atoms with Gasteiger partial charge in [-0.15, -0.1) is 10.2 Å². The molecule has 1 amide bonds. The van der Waals surface area contributed by atoms with Crippen molar-refractivity contribution < 1.29 is 19.0 Å². The molecule has 124 valence electrons. The summed E-state index contributed by atoms with van der Waals surface area (Å²) in [5.41, 5.74) is 0.459. The lowest BCUT2D eigenvalue weighted by atomic mass is 10.2. The van der Waals surface area contributed by atoms with Gasteiger partial charge in [0.2, 0.25) is 5.13 Å². The van der Waals surface area contributed by atoms with E-state index in [4.69, 9.17) is 14.2 Å². The fourth-order valence-corrected chi connectivity index (χ4v) is 2.55. The van der Waals surface area contributed by atoms with Crippen LogP contribution in [0.2, 0.25) is 0 Å². The van der Waals surface area contributed by atoms with Crippen LogP contribution in [-0.2, 0) is 11.3 Å². The van der Waals surface area contributed by atoms with Gasteiger partial charge in [-0.25, -0.2) is 0 Å². The molecule has 8 heteroatoms. The van der Waals surface area contributed by atoms with Gasteiger partial charge in [0.05, 0.1) is 13.2 Å². The molecule has 0 aliphatic carbocycles. The highest BCUT2D eigenvalue weighted by molar-refractivity contribution is 7.15. The number of hydrogen-bond acceptors (Lipinski definition) is 7. The number of rotatable bonds is 8. The van der Waals surface area contributed by atoms with Gasteiger partial charge in [-0.05, 0) is 32.0 Å². The summed E-state index contributed by atoms with van der Waals surface area (Å²) >= 11 is 1.27. The number of nitrogens with one attached hydrogen (secondary N) is 1. The van der Waals surface area contributed by atoms with Crippen molar-refractivity contribution in [3.8, 4) is 11.5 Å². The Kier molecular flexibility index (Phi) is 6.30. The minimum absolute atomic E-state index is 0.283. The van der Waals surface area contributed by atoms with Crippen LogP contribution in [-0.4, -0.2) is 36.4 Å². The van der Waals surface area contributed by atoms with Crippen molar-refractivity contribution in [3.05, 3.63) is 28.8 Å². The average molecular weight is 337 g/mol. The highest BCUT2D eigenvalue weighted by Gasteiger charge is 2.13. The van der Waals surface area contributed by atoms with Crippen LogP contribution in [0.4, 0.5) is 5.13 Å². The van der Waals surface area contributed by atoms with Gasteiger partial charge in [-0.2, -0.15) is 0 Å². The maximum Gasteiger partial charge on any atom is 0.257 e. The lowest BCUT2D eigenvalue weighted by Gasteiger charge is -2.12. The molecule has 0 saturated carbocycles. The van der Waals surface area contributed by atoms with Gasteiger partial charge in [0.1, 0.15) is 11.6 Å². The third kappa shape index (κ3) is 4.64. The van der Waals surface area contributed by atoms with Crippen LogP contribution in [0, 0.1) is 0 Å². The highest BCUT2D eigenvalue weighted by Crippen LogP contribution is 2.29. The van der Waals surface area contributed by atoms with Crippen LogP contribution in [0.1, 0.15) is 29.2 Å². The third-order valence-electron chi connectivity index (χ3n) is 2.76. The number of benzene rings is 1. The van der Waals surface area contributed by atoms with E-state index in [9.17, 15) is 4.79 Å². The molecule has 0 bridgehead atoms. The molecule has 1 aromatic heterocycles. The maximum atomic E-state index is 12.3. The van der Waals surface area contributed by atoms with Crippen molar-refractivity contribution in [1.29, 1.82) is 0 Å². The Morgan fingerprint density at radius 2 is 1.91 bits per heavy atom. The Morgan fingerprint density at radius 3 is 2.61 bits per heavy atom. The fourth-order valence-electron chi connectivity index (χ4n) is 1.85. The number of hydrogen-bond donors (Lipinski definition) is 1. The van der Waals surface area contributed by atoms with E-state index < -0.39 is 0 Å². The molecule has 7 nitrogen and oxygen atoms in total. The first kappa shape index (κ1) is 17.2. The monoisotopic (exact) mass is 337 g/mol. The first-order chi connectivity index (χ1) is 11.2. The van der Waals surface area contributed by atoms with E-state index >= 15 is 0 Å². The van der Waals surface area contributed by atoms with Crippen LogP contribution < -0.4 is 14.8 Å². The first-order valence-corrected chi connectivity index (χ1v) is 8.01. The minimum atomic E-state index is -0.283.